The molecule has 0 unspecified atom stereocenters. The van der Waals surface area contributed by atoms with E-state index in [0.29, 0.717) is 12.1 Å². The second-order valence-corrected chi connectivity index (χ2v) is 8.62. The van der Waals surface area contributed by atoms with E-state index in [-0.39, 0.29) is 24.1 Å². The third-order valence-corrected chi connectivity index (χ3v) is 6.82. The number of nitrogens with zero attached hydrogens (tertiary/aromatic N) is 1. The van der Waals surface area contributed by atoms with Gasteiger partial charge in [-0.25, -0.2) is 0 Å². The fourth-order valence-electron chi connectivity index (χ4n) is 5.37. The number of benzene rings is 1. The van der Waals surface area contributed by atoms with E-state index < -0.39 is 11.3 Å². The van der Waals surface area contributed by atoms with Crippen LogP contribution < -0.4 is 10.6 Å². The summed E-state index contributed by atoms with van der Waals surface area (Å²) in [4.78, 5) is 43.7. The topological polar surface area (TPSA) is 88.2 Å². The number of pyridine rings is 1. The molecular formula is C24H25N3O3. The van der Waals surface area contributed by atoms with Crippen molar-refractivity contribution in [2.45, 2.75) is 56.8 Å². The van der Waals surface area contributed by atoms with Gasteiger partial charge < -0.3 is 5.32 Å². The zero-order valence-electron chi connectivity index (χ0n) is 16.9. The number of rotatable bonds is 3. The van der Waals surface area contributed by atoms with Crippen molar-refractivity contribution in [2.75, 3.05) is 5.32 Å². The smallest absolute Gasteiger partial charge is 0.239 e. The van der Waals surface area contributed by atoms with Gasteiger partial charge in [0.1, 0.15) is 5.41 Å². The van der Waals surface area contributed by atoms with Crippen LogP contribution in [0.25, 0.3) is 0 Å². The number of nitrogens with one attached hydrogen (secondary N) is 2. The summed E-state index contributed by atoms with van der Waals surface area (Å²) in [5.74, 6) is -1.66. The highest BCUT2D eigenvalue weighted by Gasteiger charge is 2.59. The van der Waals surface area contributed by atoms with Gasteiger partial charge in [0, 0.05) is 17.8 Å². The van der Waals surface area contributed by atoms with Gasteiger partial charge >= 0.3 is 0 Å². The number of fused-ring (bicyclic) bond motifs is 3. The van der Waals surface area contributed by atoms with Gasteiger partial charge in [0.05, 0.1) is 11.6 Å². The minimum absolute atomic E-state index is 0.0370. The lowest BCUT2D eigenvalue weighted by atomic mass is 9.64. The van der Waals surface area contributed by atoms with Gasteiger partial charge in [-0.15, -0.1) is 0 Å². The Bertz CT molecular complexity index is 1030. The molecule has 6 nitrogen and oxygen atoms in total. The summed E-state index contributed by atoms with van der Waals surface area (Å²) >= 11 is 0. The first-order valence-electron chi connectivity index (χ1n) is 10.8. The number of amides is 3. The van der Waals surface area contributed by atoms with Crippen LogP contribution in [-0.4, -0.2) is 22.7 Å². The molecule has 2 atom stereocenters. The number of aromatic nitrogens is 1. The lowest BCUT2D eigenvalue weighted by molar-refractivity contribution is -0.127. The van der Waals surface area contributed by atoms with Gasteiger partial charge in [-0.2, -0.15) is 0 Å². The van der Waals surface area contributed by atoms with Crippen molar-refractivity contribution in [2.24, 2.45) is 5.92 Å². The van der Waals surface area contributed by atoms with Crippen molar-refractivity contribution in [1.82, 2.24) is 10.3 Å². The van der Waals surface area contributed by atoms with Crippen LogP contribution in [0.15, 0.2) is 36.4 Å². The average Bonchev–Trinajstić information content (AvgIpc) is 2.98. The van der Waals surface area contributed by atoms with Gasteiger partial charge in [-0.1, -0.05) is 24.3 Å². The number of imide groups is 1. The predicted octanol–water partition coefficient (Wildman–Crippen LogP) is 2.84. The van der Waals surface area contributed by atoms with Crippen LogP contribution in [0, 0.1) is 5.92 Å². The Balaban J connectivity index is 1.51. The molecule has 1 fully saturated rings. The van der Waals surface area contributed by atoms with Crippen molar-refractivity contribution in [3.63, 3.8) is 0 Å². The molecule has 1 aromatic carbocycles. The van der Waals surface area contributed by atoms with Crippen LogP contribution in [-0.2, 0) is 39.1 Å². The number of hydrogen-bond acceptors (Lipinski definition) is 4. The highest BCUT2D eigenvalue weighted by molar-refractivity contribution is 6.12. The van der Waals surface area contributed by atoms with E-state index in [0.717, 1.165) is 49.1 Å². The molecule has 1 spiro atoms. The molecule has 154 valence electrons. The molecular weight excluding hydrogens is 378 g/mol. The molecule has 0 saturated carbocycles. The summed E-state index contributed by atoms with van der Waals surface area (Å²) in [6.45, 7) is 0. The van der Waals surface area contributed by atoms with Crippen LogP contribution in [0.5, 0.6) is 0 Å². The van der Waals surface area contributed by atoms with E-state index >= 15 is 0 Å². The van der Waals surface area contributed by atoms with E-state index in [9.17, 15) is 14.4 Å². The minimum atomic E-state index is -1.04. The lowest BCUT2D eigenvalue weighted by Gasteiger charge is -2.37. The number of hydrogen-bond donors (Lipinski definition) is 2. The van der Waals surface area contributed by atoms with Crippen molar-refractivity contribution in [3.05, 3.63) is 58.9 Å². The SMILES string of the molecule is O=C(C[C@@H]1C(=O)NC(=O)[C@@]12CCCc1cc3c(nc12)CCCC3)Nc1ccccc1. The third-order valence-electron chi connectivity index (χ3n) is 6.82. The monoisotopic (exact) mass is 403 g/mol. The fraction of sp³-hybridized carbons (Fsp3) is 0.417. The first-order valence-corrected chi connectivity index (χ1v) is 10.8. The Morgan fingerprint density at radius 1 is 1.07 bits per heavy atom. The second kappa shape index (κ2) is 7.35. The number of carbonyl (C=O) groups excluding carboxylic acids is 3. The van der Waals surface area contributed by atoms with Crippen molar-refractivity contribution >= 4 is 23.4 Å². The Kier molecular flexibility index (Phi) is 4.65. The molecule has 5 rings (SSSR count). The normalized spacial score (nSPS) is 24.9. The quantitative estimate of drug-likeness (QED) is 0.772. The third kappa shape index (κ3) is 3.02. The maximum Gasteiger partial charge on any atom is 0.239 e. The predicted molar refractivity (Wildman–Crippen MR) is 112 cm³/mol. The maximum atomic E-state index is 13.1. The molecule has 30 heavy (non-hydrogen) atoms. The van der Waals surface area contributed by atoms with Crippen LogP contribution in [0.3, 0.4) is 0 Å². The Hall–Kier alpha value is -3.02. The first kappa shape index (κ1) is 19.0. The molecule has 1 aromatic heterocycles. The zero-order chi connectivity index (χ0) is 20.7. The summed E-state index contributed by atoms with van der Waals surface area (Å²) in [6, 6.07) is 11.4. The molecule has 6 heteroatoms. The molecule has 3 aliphatic rings. The van der Waals surface area contributed by atoms with Crippen molar-refractivity contribution in [3.8, 4) is 0 Å². The molecule has 1 saturated heterocycles. The van der Waals surface area contributed by atoms with Gasteiger partial charge in [0.2, 0.25) is 17.7 Å². The molecule has 2 aromatic rings. The fourth-order valence-corrected chi connectivity index (χ4v) is 5.37. The van der Waals surface area contributed by atoms with Gasteiger partial charge in [0.15, 0.2) is 0 Å². The average molecular weight is 403 g/mol. The van der Waals surface area contributed by atoms with E-state index in [1.807, 2.05) is 18.2 Å². The van der Waals surface area contributed by atoms with E-state index in [1.54, 1.807) is 12.1 Å². The first-order chi connectivity index (χ1) is 14.6. The van der Waals surface area contributed by atoms with Gasteiger partial charge in [0.25, 0.3) is 0 Å². The number of para-hydroxylation sites is 1. The Morgan fingerprint density at radius 3 is 2.67 bits per heavy atom. The van der Waals surface area contributed by atoms with Crippen LogP contribution in [0.4, 0.5) is 5.69 Å². The van der Waals surface area contributed by atoms with Crippen LogP contribution in [0.2, 0.25) is 0 Å². The molecule has 0 bridgehead atoms. The van der Waals surface area contributed by atoms with Gasteiger partial charge in [-0.05, 0) is 68.2 Å². The summed E-state index contributed by atoms with van der Waals surface area (Å²) in [5, 5.41) is 5.37. The highest BCUT2D eigenvalue weighted by Crippen LogP contribution is 2.47. The highest BCUT2D eigenvalue weighted by atomic mass is 16.2. The Labute approximate surface area is 175 Å². The number of anilines is 1. The van der Waals surface area contributed by atoms with Crippen LogP contribution in [0.1, 0.15) is 54.6 Å². The standard InChI is InChI=1S/C24H25N3O3/c28-20(25-17-9-2-1-3-10-17)14-18-22(29)27-23(30)24(18)12-6-8-16-13-15-7-4-5-11-19(15)26-21(16)24/h1-3,9-10,13,18H,4-8,11-12,14H2,(H,25,28)(H,27,29,30)/t18-,24+/m1/s1. The largest absolute Gasteiger partial charge is 0.326 e. The molecule has 0 radical (unpaired) electrons. The van der Waals surface area contributed by atoms with Crippen molar-refractivity contribution < 1.29 is 14.4 Å². The molecule has 2 heterocycles. The number of aryl methyl sites for hydroxylation is 3. The van der Waals surface area contributed by atoms with E-state index in [4.69, 9.17) is 4.98 Å². The van der Waals surface area contributed by atoms with Crippen molar-refractivity contribution in [1.29, 1.82) is 0 Å². The summed E-state index contributed by atoms with van der Waals surface area (Å²) in [5.41, 5.74) is 3.78. The zero-order valence-corrected chi connectivity index (χ0v) is 16.9. The second-order valence-electron chi connectivity index (χ2n) is 8.62. The summed E-state index contributed by atoms with van der Waals surface area (Å²) < 4.78 is 0. The van der Waals surface area contributed by atoms with E-state index in [1.165, 1.54) is 12.0 Å². The maximum absolute atomic E-state index is 13.1. The minimum Gasteiger partial charge on any atom is -0.326 e. The lowest BCUT2D eigenvalue weighted by Crippen LogP contribution is -2.45. The van der Waals surface area contributed by atoms with Gasteiger partial charge in [-0.3, -0.25) is 24.7 Å². The number of carbonyl (C=O) groups is 3. The Morgan fingerprint density at radius 2 is 1.83 bits per heavy atom. The summed E-state index contributed by atoms with van der Waals surface area (Å²) in [7, 11) is 0. The molecule has 2 N–H and O–H groups in total. The van der Waals surface area contributed by atoms with E-state index in [2.05, 4.69) is 16.7 Å². The molecule has 1 aliphatic heterocycles. The molecule has 3 amide bonds. The molecule has 2 aliphatic carbocycles. The summed E-state index contributed by atoms with van der Waals surface area (Å²) in [6.07, 6.45) is 6.38. The van der Waals surface area contributed by atoms with Crippen LogP contribution >= 0.6 is 0 Å².